The Balaban J connectivity index is 0.000000448. The van der Waals surface area contributed by atoms with Gasteiger partial charge < -0.3 is 20.9 Å². The van der Waals surface area contributed by atoms with Crippen LogP contribution in [-0.4, -0.2) is 55.5 Å². The zero-order valence-corrected chi connectivity index (χ0v) is 19.8. The second-order valence-corrected chi connectivity index (χ2v) is 8.49. The number of halogens is 6. The van der Waals surface area contributed by atoms with Gasteiger partial charge in [-0.05, 0) is 24.3 Å². The van der Waals surface area contributed by atoms with E-state index in [1.54, 1.807) is 18.2 Å². The van der Waals surface area contributed by atoms with Crippen LogP contribution in [0.5, 0.6) is 11.5 Å². The maximum atomic E-state index is 15.1. The Morgan fingerprint density at radius 1 is 1.15 bits per heavy atom. The van der Waals surface area contributed by atoms with E-state index in [0.29, 0.717) is 22.5 Å². The molecule has 5 rings (SSSR count). The molecule has 0 unspecified atom stereocenters. The topological polar surface area (TPSA) is 128 Å². The van der Waals surface area contributed by atoms with Gasteiger partial charge in [-0.2, -0.15) is 18.3 Å². The first-order valence-electron chi connectivity index (χ1n) is 11.3. The molecule has 0 radical (unpaired) electrons. The standard InChI is InChI=1S/C22H19F3N6O.C2HF3O2/c23-17-8-15(32-14-4-2-1-3-5-14)6-7-16(17)19-18-20(26)28-12-29-21(18)31(30-19)10-13-9-22(24,25)11-27-13;3-2(4,5)1(6)7/h1-8,12-13,27H,9-11H2,(H2,26,28,29);(H,6,7)/t13-;/m0./s1. The number of anilines is 1. The first-order valence-corrected chi connectivity index (χ1v) is 11.3. The largest absolute Gasteiger partial charge is 0.490 e. The summed E-state index contributed by atoms with van der Waals surface area (Å²) >= 11 is 0. The summed E-state index contributed by atoms with van der Waals surface area (Å²) in [6.07, 6.45) is -4.13. The summed E-state index contributed by atoms with van der Waals surface area (Å²) in [6, 6.07) is 12.9. The normalized spacial score (nSPS) is 16.5. The lowest BCUT2D eigenvalue weighted by atomic mass is 10.1. The molecule has 0 amide bonds. The number of hydrogen-bond acceptors (Lipinski definition) is 7. The number of benzene rings is 2. The minimum Gasteiger partial charge on any atom is -0.475 e. The third kappa shape index (κ3) is 6.54. The number of nitrogens with two attached hydrogens (primary N) is 1. The van der Waals surface area contributed by atoms with Gasteiger partial charge in [-0.3, -0.25) is 0 Å². The average Bonchev–Trinajstić information content (AvgIpc) is 3.40. The highest BCUT2D eigenvalue weighted by molar-refractivity contribution is 5.98. The summed E-state index contributed by atoms with van der Waals surface area (Å²) in [5.41, 5.74) is 6.83. The number of alkyl halides is 5. The fourth-order valence-electron chi connectivity index (χ4n) is 3.86. The van der Waals surface area contributed by atoms with Crippen LogP contribution in [-0.2, 0) is 11.3 Å². The Bertz CT molecular complexity index is 1480. The summed E-state index contributed by atoms with van der Waals surface area (Å²) < 4.78 is 81.2. The van der Waals surface area contributed by atoms with Crippen molar-refractivity contribution in [3.05, 3.63) is 60.7 Å². The molecule has 39 heavy (non-hydrogen) atoms. The number of rotatable bonds is 5. The van der Waals surface area contributed by atoms with E-state index in [4.69, 9.17) is 20.4 Å². The molecule has 3 heterocycles. The summed E-state index contributed by atoms with van der Waals surface area (Å²) in [5, 5.41) is 14.8. The van der Waals surface area contributed by atoms with Crippen LogP contribution in [0.4, 0.5) is 32.2 Å². The zero-order chi connectivity index (χ0) is 28.4. The molecule has 206 valence electrons. The molecule has 0 spiro atoms. The van der Waals surface area contributed by atoms with Crippen LogP contribution < -0.4 is 15.8 Å². The zero-order valence-electron chi connectivity index (χ0n) is 19.8. The number of ether oxygens (including phenoxy) is 1. The third-order valence-electron chi connectivity index (χ3n) is 5.56. The molecule has 2 aromatic heterocycles. The molecule has 1 fully saturated rings. The van der Waals surface area contributed by atoms with Crippen molar-refractivity contribution in [3.63, 3.8) is 0 Å². The van der Waals surface area contributed by atoms with Crippen molar-refractivity contribution >= 4 is 22.8 Å². The Morgan fingerprint density at radius 3 is 2.44 bits per heavy atom. The van der Waals surface area contributed by atoms with Gasteiger partial charge in [0.15, 0.2) is 5.65 Å². The molecule has 4 aromatic rings. The van der Waals surface area contributed by atoms with Crippen molar-refractivity contribution in [2.24, 2.45) is 0 Å². The van der Waals surface area contributed by atoms with Gasteiger partial charge in [0, 0.05) is 24.1 Å². The maximum Gasteiger partial charge on any atom is 0.490 e. The van der Waals surface area contributed by atoms with E-state index in [-0.39, 0.29) is 30.0 Å². The highest BCUT2D eigenvalue weighted by atomic mass is 19.4. The number of nitrogens with one attached hydrogen (secondary N) is 1. The van der Waals surface area contributed by atoms with Crippen LogP contribution in [0.1, 0.15) is 6.42 Å². The van der Waals surface area contributed by atoms with Crippen LogP contribution in [0, 0.1) is 5.82 Å². The quantitative estimate of drug-likeness (QED) is 0.305. The number of aromatic nitrogens is 4. The van der Waals surface area contributed by atoms with Crippen LogP contribution in [0.25, 0.3) is 22.3 Å². The minimum absolute atomic E-state index is 0.130. The Labute approximate surface area is 216 Å². The number of nitrogen functional groups attached to an aromatic ring is 1. The highest BCUT2D eigenvalue weighted by Gasteiger charge is 2.40. The molecule has 1 atom stereocenters. The van der Waals surface area contributed by atoms with Crippen LogP contribution in [0.2, 0.25) is 0 Å². The molecular weight excluding hydrogens is 534 g/mol. The van der Waals surface area contributed by atoms with E-state index in [9.17, 15) is 22.0 Å². The predicted molar refractivity (Wildman–Crippen MR) is 127 cm³/mol. The van der Waals surface area contributed by atoms with Crippen molar-refractivity contribution in [3.8, 4) is 22.8 Å². The first-order chi connectivity index (χ1) is 18.3. The van der Waals surface area contributed by atoms with Crippen molar-refractivity contribution in [1.29, 1.82) is 0 Å². The molecular formula is C24H20F6N6O3. The summed E-state index contributed by atoms with van der Waals surface area (Å²) in [6.45, 7) is -0.252. The number of aliphatic carboxylic acids is 1. The van der Waals surface area contributed by atoms with Gasteiger partial charge >= 0.3 is 12.1 Å². The second-order valence-electron chi connectivity index (χ2n) is 8.49. The number of para-hydroxylation sites is 1. The van der Waals surface area contributed by atoms with E-state index in [0.717, 1.165) is 0 Å². The molecule has 1 saturated heterocycles. The molecule has 15 heteroatoms. The Morgan fingerprint density at radius 2 is 1.85 bits per heavy atom. The predicted octanol–water partition coefficient (Wildman–Crippen LogP) is 4.64. The van der Waals surface area contributed by atoms with Gasteiger partial charge in [0.05, 0.1) is 18.5 Å². The fraction of sp³-hybridized carbons (Fsp3) is 0.250. The maximum absolute atomic E-state index is 15.1. The smallest absolute Gasteiger partial charge is 0.475 e. The summed E-state index contributed by atoms with van der Waals surface area (Å²) in [7, 11) is 0. The lowest BCUT2D eigenvalue weighted by Gasteiger charge is -2.10. The lowest BCUT2D eigenvalue weighted by molar-refractivity contribution is -0.192. The van der Waals surface area contributed by atoms with E-state index in [1.807, 2.05) is 18.2 Å². The molecule has 0 aliphatic carbocycles. The van der Waals surface area contributed by atoms with Crippen molar-refractivity contribution in [1.82, 2.24) is 25.1 Å². The monoisotopic (exact) mass is 554 g/mol. The van der Waals surface area contributed by atoms with Crippen molar-refractivity contribution in [2.45, 2.75) is 31.1 Å². The van der Waals surface area contributed by atoms with Gasteiger partial charge in [0.2, 0.25) is 0 Å². The SMILES string of the molecule is Nc1ncnc2c1c(-c1ccc(Oc3ccccc3)cc1F)nn2C[C@@H]1CC(F)(F)CN1.O=C(O)C(F)(F)F. The number of carbonyl (C=O) groups is 1. The van der Waals surface area contributed by atoms with Crippen molar-refractivity contribution < 1.29 is 41.0 Å². The number of nitrogens with zero attached hydrogens (tertiary/aromatic N) is 4. The average molecular weight is 554 g/mol. The van der Waals surface area contributed by atoms with Crippen LogP contribution in [0.15, 0.2) is 54.9 Å². The molecule has 0 saturated carbocycles. The van der Waals surface area contributed by atoms with Crippen LogP contribution >= 0.6 is 0 Å². The highest BCUT2D eigenvalue weighted by Crippen LogP contribution is 2.35. The number of hydrogen-bond donors (Lipinski definition) is 3. The first kappa shape index (κ1) is 27.6. The van der Waals surface area contributed by atoms with Crippen LogP contribution in [0.3, 0.4) is 0 Å². The van der Waals surface area contributed by atoms with E-state index in [1.165, 1.54) is 23.1 Å². The van der Waals surface area contributed by atoms with Gasteiger partial charge in [0.25, 0.3) is 5.92 Å². The van der Waals surface area contributed by atoms with Gasteiger partial charge in [-0.15, -0.1) is 0 Å². The van der Waals surface area contributed by atoms with Gasteiger partial charge in [0.1, 0.15) is 35.2 Å². The van der Waals surface area contributed by atoms with Gasteiger partial charge in [-0.25, -0.2) is 32.6 Å². The summed E-state index contributed by atoms with van der Waals surface area (Å²) in [4.78, 5) is 17.1. The minimum atomic E-state index is -5.08. The fourth-order valence-corrected chi connectivity index (χ4v) is 3.86. The number of carboxylic acid groups (broad SMARTS) is 1. The van der Waals surface area contributed by atoms with E-state index < -0.39 is 36.5 Å². The second kappa shape index (κ2) is 10.8. The van der Waals surface area contributed by atoms with E-state index >= 15 is 4.39 Å². The van der Waals surface area contributed by atoms with E-state index in [2.05, 4.69) is 20.4 Å². The molecule has 4 N–H and O–H groups in total. The Hall–Kier alpha value is -4.40. The third-order valence-corrected chi connectivity index (χ3v) is 5.56. The number of fused-ring (bicyclic) bond motifs is 1. The molecule has 1 aliphatic heterocycles. The van der Waals surface area contributed by atoms with Gasteiger partial charge in [-0.1, -0.05) is 18.2 Å². The molecule has 1 aliphatic rings. The molecule has 9 nitrogen and oxygen atoms in total. The van der Waals surface area contributed by atoms with Crippen molar-refractivity contribution in [2.75, 3.05) is 12.3 Å². The lowest BCUT2D eigenvalue weighted by Crippen LogP contribution is -2.27. The molecule has 2 aromatic carbocycles. The Kier molecular flexibility index (Phi) is 7.63. The number of carboxylic acids is 1. The summed E-state index contributed by atoms with van der Waals surface area (Å²) in [5.74, 6) is -5.07. The molecule has 0 bridgehead atoms.